The van der Waals surface area contributed by atoms with Gasteiger partial charge in [0.1, 0.15) is 23.0 Å². The molecule has 45 heavy (non-hydrogen) atoms. The summed E-state index contributed by atoms with van der Waals surface area (Å²) in [5.74, 6) is -1.10. The topological polar surface area (TPSA) is 69.6 Å². The Bertz CT molecular complexity index is 1160. The van der Waals surface area contributed by atoms with Crippen LogP contribution in [0.4, 0.5) is 22.0 Å². The Morgan fingerprint density at radius 1 is 0.956 bits per heavy atom. The van der Waals surface area contributed by atoms with Gasteiger partial charge in [-0.25, -0.2) is 0 Å². The van der Waals surface area contributed by atoms with E-state index in [0.717, 1.165) is 50.7 Å². The molecule has 1 aromatic carbocycles. The predicted octanol–water partition coefficient (Wildman–Crippen LogP) is 8.63. The maximum absolute atomic E-state index is 13.0. The number of hydrogen-bond acceptors (Lipinski definition) is 4. The molecule has 0 aliphatic heterocycles. The van der Waals surface area contributed by atoms with Crippen molar-refractivity contribution >= 4 is 17.0 Å². The van der Waals surface area contributed by atoms with Gasteiger partial charge in [-0.3, -0.25) is 4.79 Å². The Hall–Kier alpha value is -1.39. The third-order valence-corrected chi connectivity index (χ3v) is 13.7. The number of rotatable bonds is 12. The van der Waals surface area contributed by atoms with Crippen LogP contribution in [0.3, 0.4) is 0 Å². The lowest BCUT2D eigenvalue weighted by Gasteiger charge is -2.62. The number of ether oxygens (including phenoxy) is 1. The van der Waals surface area contributed by atoms with Crippen LogP contribution >= 0.6 is 0 Å². The monoisotopic (exact) mass is 660 g/mol. The zero-order valence-corrected chi connectivity index (χ0v) is 27.4. The highest BCUT2D eigenvalue weighted by Crippen LogP contribution is 2.69. The molecule has 0 radical (unpaired) electrons. The molecule has 0 saturated heterocycles. The van der Waals surface area contributed by atoms with Crippen molar-refractivity contribution in [1.29, 1.82) is 0 Å². The maximum Gasteiger partial charge on any atom is 0.453 e. The van der Waals surface area contributed by atoms with Crippen molar-refractivity contribution in [3.63, 3.8) is 0 Å². The van der Waals surface area contributed by atoms with E-state index in [2.05, 4.69) is 26.0 Å². The molecule has 5 rings (SSSR count). The Kier molecular flexibility index (Phi) is 10.6. The zero-order valence-electron chi connectivity index (χ0n) is 26.6. The average molecular weight is 661 g/mol. The minimum atomic E-state index is -5.57. The summed E-state index contributed by atoms with van der Waals surface area (Å²) in [4.78, 5) is 12.4. The number of carbonyl (C=O) groups excluding carboxylic acids is 1. The first-order chi connectivity index (χ1) is 21.2. The molecule has 254 valence electrons. The fourth-order valence-corrected chi connectivity index (χ4v) is 11.0. The van der Waals surface area contributed by atoms with E-state index in [-0.39, 0.29) is 28.4 Å². The minimum Gasteiger partial charge on any atom is -0.616 e. The first-order valence-corrected chi connectivity index (χ1v) is 18.4. The molecule has 1 aromatic rings. The van der Waals surface area contributed by atoms with Crippen LogP contribution < -0.4 is 4.74 Å². The van der Waals surface area contributed by atoms with Gasteiger partial charge in [0, 0.05) is 19.3 Å². The Labute approximate surface area is 267 Å². The number of halogens is 5. The lowest BCUT2D eigenvalue weighted by Crippen LogP contribution is -2.56. The third kappa shape index (κ3) is 7.23. The van der Waals surface area contributed by atoms with Gasteiger partial charge in [0.25, 0.3) is 0 Å². The fraction of sp³-hybridized carbons (Fsp3) is 0.800. The lowest BCUT2D eigenvalue weighted by molar-refractivity contribution is -0.284. The SMILES string of the molecule is C[C@]12CCC(=O)CC1CC[C@@H]1[C@H]2C(c2ccc(OCCCCC[S+]([O-])CCCC(F)(F)C(F)(F)F)cc2)C[C@]2(C)C(O)CC[C@@H]12. The number of aliphatic hydroxyl groups excluding tert-OH is 1. The molecule has 4 saturated carbocycles. The van der Waals surface area contributed by atoms with Crippen molar-refractivity contribution in [3.05, 3.63) is 29.8 Å². The van der Waals surface area contributed by atoms with Crippen molar-refractivity contribution in [2.45, 2.75) is 121 Å². The third-order valence-electron chi connectivity index (χ3n) is 12.3. The van der Waals surface area contributed by atoms with Crippen molar-refractivity contribution in [2.24, 2.45) is 34.5 Å². The molecule has 4 aliphatic carbocycles. The van der Waals surface area contributed by atoms with Gasteiger partial charge >= 0.3 is 12.1 Å². The summed E-state index contributed by atoms with van der Waals surface area (Å²) in [5.41, 5.74) is 1.32. The molecule has 4 unspecified atom stereocenters. The molecular formula is C35H49F5O4S. The quantitative estimate of drug-likeness (QED) is 0.139. The average Bonchev–Trinajstić information content (AvgIpc) is 3.28. The van der Waals surface area contributed by atoms with Crippen LogP contribution in [-0.2, 0) is 16.0 Å². The van der Waals surface area contributed by atoms with Crippen LogP contribution in [0.25, 0.3) is 0 Å². The summed E-state index contributed by atoms with van der Waals surface area (Å²) in [6, 6.07) is 8.38. The summed E-state index contributed by atoms with van der Waals surface area (Å²) in [5, 5.41) is 11.2. The normalized spacial score (nSPS) is 35.8. The number of carbonyl (C=O) groups is 1. The van der Waals surface area contributed by atoms with Gasteiger partial charge in [-0.1, -0.05) is 37.2 Å². The molecule has 0 bridgehead atoms. The maximum atomic E-state index is 13.0. The Morgan fingerprint density at radius 2 is 1.67 bits per heavy atom. The molecule has 0 heterocycles. The largest absolute Gasteiger partial charge is 0.616 e. The minimum absolute atomic E-state index is 0.0908. The number of ketones is 1. The van der Waals surface area contributed by atoms with Crippen LogP contribution in [0.2, 0.25) is 0 Å². The van der Waals surface area contributed by atoms with E-state index >= 15 is 0 Å². The van der Waals surface area contributed by atoms with Crippen molar-refractivity contribution in [1.82, 2.24) is 0 Å². The highest BCUT2D eigenvalue weighted by Gasteiger charge is 2.63. The molecule has 4 aliphatic rings. The lowest BCUT2D eigenvalue weighted by atomic mass is 9.42. The van der Waals surface area contributed by atoms with Gasteiger partial charge in [-0.15, -0.1) is 0 Å². The van der Waals surface area contributed by atoms with Gasteiger partial charge in [0.2, 0.25) is 0 Å². The van der Waals surface area contributed by atoms with E-state index in [1.165, 1.54) is 5.56 Å². The molecule has 9 atom stereocenters. The van der Waals surface area contributed by atoms with Gasteiger partial charge in [-0.05, 0) is 122 Å². The molecule has 0 spiro atoms. The zero-order chi connectivity index (χ0) is 32.6. The first kappa shape index (κ1) is 34.9. The van der Waals surface area contributed by atoms with E-state index in [0.29, 0.717) is 67.7 Å². The number of fused-ring (bicyclic) bond motifs is 5. The van der Waals surface area contributed by atoms with E-state index < -0.39 is 36.1 Å². The number of alkyl halides is 5. The number of aliphatic hydroxyl groups is 1. The summed E-state index contributed by atoms with van der Waals surface area (Å²) in [7, 11) is 0. The van der Waals surface area contributed by atoms with E-state index in [1.54, 1.807) is 0 Å². The Balaban J connectivity index is 1.13. The van der Waals surface area contributed by atoms with Crippen molar-refractivity contribution in [3.8, 4) is 5.75 Å². The number of Topliss-reactive ketones (excluding diaryl/α,β-unsaturated/α-hetero) is 1. The second-order valence-electron chi connectivity index (χ2n) is 14.9. The van der Waals surface area contributed by atoms with E-state index in [1.807, 2.05) is 12.1 Å². The second-order valence-corrected chi connectivity index (χ2v) is 16.6. The summed E-state index contributed by atoms with van der Waals surface area (Å²) in [6.45, 7) is 5.22. The molecule has 4 fully saturated rings. The highest BCUT2D eigenvalue weighted by molar-refractivity contribution is 7.91. The molecular weight excluding hydrogens is 611 g/mol. The van der Waals surface area contributed by atoms with Crippen LogP contribution in [0, 0.1) is 34.5 Å². The summed E-state index contributed by atoms with van der Waals surface area (Å²) < 4.78 is 80.8. The van der Waals surface area contributed by atoms with Crippen molar-refractivity contribution in [2.75, 3.05) is 18.1 Å². The summed E-state index contributed by atoms with van der Waals surface area (Å²) in [6.07, 6.45) is 1.95. The standard InChI is InChI=1S/C35H49F5O4S/c1-32-17-15-25(41)21-24(32)9-12-27-29-13-14-30(42)33(29,2)22-28(31(27)32)23-7-10-26(11-8-23)44-18-4-3-5-19-45(43)20-6-16-34(36,37)35(38,39)40/h7-8,10-11,24,27-31,42H,3-6,9,12-22H2,1-2H3/t24?,27-,28?,29-,30?,31-,32-,33-,45?/m0/s1. The Morgan fingerprint density at radius 3 is 2.38 bits per heavy atom. The highest BCUT2D eigenvalue weighted by atomic mass is 32.2. The smallest absolute Gasteiger partial charge is 0.453 e. The van der Waals surface area contributed by atoms with Crippen LogP contribution in [0.1, 0.15) is 109 Å². The fourth-order valence-electron chi connectivity index (χ4n) is 9.77. The van der Waals surface area contributed by atoms with E-state index in [4.69, 9.17) is 4.74 Å². The molecule has 0 aromatic heterocycles. The predicted molar refractivity (Wildman–Crippen MR) is 165 cm³/mol. The van der Waals surface area contributed by atoms with Gasteiger partial charge in [-0.2, -0.15) is 22.0 Å². The second kappa shape index (κ2) is 13.6. The van der Waals surface area contributed by atoms with E-state index in [9.17, 15) is 36.4 Å². The van der Waals surface area contributed by atoms with Gasteiger partial charge in [0.05, 0.1) is 12.7 Å². The van der Waals surface area contributed by atoms with Crippen molar-refractivity contribution < 1.29 is 41.1 Å². The molecule has 1 N–H and O–H groups in total. The summed E-state index contributed by atoms with van der Waals surface area (Å²) >= 11 is -1.42. The first-order valence-electron chi connectivity index (χ1n) is 16.9. The van der Waals surface area contributed by atoms with Crippen LogP contribution in [0.15, 0.2) is 24.3 Å². The van der Waals surface area contributed by atoms with Gasteiger partial charge in [0.15, 0.2) is 0 Å². The molecule has 0 amide bonds. The van der Waals surface area contributed by atoms with Crippen LogP contribution in [0.5, 0.6) is 5.75 Å². The number of unbranched alkanes of at least 4 members (excludes halogenated alkanes) is 2. The molecule has 10 heteroatoms. The number of benzene rings is 1. The molecule has 4 nitrogen and oxygen atoms in total. The van der Waals surface area contributed by atoms with Crippen LogP contribution in [-0.4, -0.2) is 51.8 Å². The number of hydrogen-bond donors (Lipinski definition) is 1. The van der Waals surface area contributed by atoms with Gasteiger partial charge < -0.3 is 14.4 Å².